The molecule has 1 aliphatic carbocycles. The Hall–Kier alpha value is -1.03. The average molecular weight is 268 g/mol. The van der Waals surface area contributed by atoms with E-state index in [0.29, 0.717) is 10.8 Å². The van der Waals surface area contributed by atoms with E-state index in [1.807, 2.05) is 6.07 Å². The van der Waals surface area contributed by atoms with Crippen molar-refractivity contribution in [3.8, 4) is 0 Å². The maximum absolute atomic E-state index is 13.1. The Morgan fingerprint density at radius 1 is 1.33 bits per heavy atom. The second-order valence-corrected chi connectivity index (χ2v) is 6.21. The Kier molecular flexibility index (Phi) is 4.27. The van der Waals surface area contributed by atoms with Gasteiger partial charge in [0.1, 0.15) is 5.82 Å². The molecule has 0 aromatic heterocycles. The molecule has 2 rings (SSSR count). The summed E-state index contributed by atoms with van der Waals surface area (Å²) in [6.07, 6.45) is 3.37. The van der Waals surface area contributed by atoms with Crippen LogP contribution in [0.4, 0.5) is 4.39 Å². The van der Waals surface area contributed by atoms with Crippen LogP contribution in [0.2, 0.25) is 0 Å². The van der Waals surface area contributed by atoms with E-state index >= 15 is 0 Å². The molecule has 0 aliphatic heterocycles. The summed E-state index contributed by atoms with van der Waals surface area (Å²) in [7, 11) is 0. The molecule has 1 aliphatic rings. The molecule has 1 aromatic rings. The molecule has 1 aromatic carbocycles. The van der Waals surface area contributed by atoms with Crippen molar-refractivity contribution >= 4 is 17.7 Å². The molecule has 1 saturated carbocycles. The van der Waals surface area contributed by atoms with Crippen molar-refractivity contribution in [1.29, 1.82) is 0 Å². The van der Waals surface area contributed by atoms with E-state index in [-0.39, 0.29) is 11.7 Å². The fourth-order valence-electron chi connectivity index (χ4n) is 2.31. The van der Waals surface area contributed by atoms with E-state index in [1.54, 1.807) is 24.8 Å². The fourth-order valence-corrected chi connectivity index (χ4v) is 3.59. The zero-order valence-corrected chi connectivity index (χ0v) is 11.2. The molecule has 98 valence electrons. The van der Waals surface area contributed by atoms with Crippen molar-refractivity contribution in [3.05, 3.63) is 29.6 Å². The minimum atomic E-state index is -0.670. The lowest BCUT2D eigenvalue weighted by atomic mass is 9.89. The highest BCUT2D eigenvalue weighted by atomic mass is 32.2. The Morgan fingerprint density at radius 2 is 2.00 bits per heavy atom. The van der Waals surface area contributed by atoms with E-state index in [1.165, 1.54) is 6.07 Å². The van der Waals surface area contributed by atoms with Gasteiger partial charge in [0.15, 0.2) is 0 Å². The number of aliphatic carboxylic acids is 1. The summed E-state index contributed by atoms with van der Waals surface area (Å²) >= 11 is 1.74. The van der Waals surface area contributed by atoms with Crippen LogP contribution in [-0.2, 0) is 4.79 Å². The Bertz CT molecular complexity index is 439. The van der Waals surface area contributed by atoms with Crippen LogP contribution >= 0.6 is 11.8 Å². The first-order valence-corrected chi connectivity index (χ1v) is 7.10. The topological polar surface area (TPSA) is 37.3 Å². The van der Waals surface area contributed by atoms with Crippen molar-refractivity contribution < 1.29 is 14.3 Å². The van der Waals surface area contributed by atoms with Crippen LogP contribution in [0.3, 0.4) is 0 Å². The minimum absolute atomic E-state index is 0.170. The number of carboxylic acid groups (broad SMARTS) is 1. The van der Waals surface area contributed by atoms with Crippen LogP contribution < -0.4 is 0 Å². The second-order valence-electron chi connectivity index (χ2n) is 4.84. The molecule has 0 heterocycles. The summed E-state index contributed by atoms with van der Waals surface area (Å²) in [6, 6.07) is 5.17. The Morgan fingerprint density at radius 3 is 2.56 bits per heavy atom. The summed E-state index contributed by atoms with van der Waals surface area (Å²) in [4.78, 5) is 11.9. The van der Waals surface area contributed by atoms with Gasteiger partial charge in [0, 0.05) is 10.1 Å². The summed E-state index contributed by atoms with van der Waals surface area (Å²) in [5.41, 5.74) is 0.666. The van der Waals surface area contributed by atoms with Crippen molar-refractivity contribution in [3.63, 3.8) is 0 Å². The van der Waals surface area contributed by atoms with Crippen LogP contribution in [0.25, 0.3) is 0 Å². The van der Waals surface area contributed by atoms with Crippen LogP contribution in [0.15, 0.2) is 23.1 Å². The van der Waals surface area contributed by atoms with Crippen molar-refractivity contribution in [2.24, 2.45) is 5.92 Å². The van der Waals surface area contributed by atoms with E-state index in [0.717, 1.165) is 30.6 Å². The lowest BCUT2D eigenvalue weighted by Gasteiger charge is -2.25. The van der Waals surface area contributed by atoms with Gasteiger partial charge in [0.05, 0.1) is 5.92 Å². The summed E-state index contributed by atoms with van der Waals surface area (Å²) in [6.45, 7) is 1.76. The zero-order chi connectivity index (χ0) is 13.1. The highest BCUT2D eigenvalue weighted by Gasteiger charge is 2.26. The molecule has 0 bridgehead atoms. The van der Waals surface area contributed by atoms with Crippen LogP contribution in [0.1, 0.15) is 31.2 Å². The first-order chi connectivity index (χ1) is 8.56. The SMILES string of the molecule is Cc1cc(SC2CCC(C(=O)O)CC2)ccc1F. The van der Waals surface area contributed by atoms with Gasteiger partial charge in [-0.05, 0) is 56.4 Å². The molecule has 0 radical (unpaired) electrons. The minimum Gasteiger partial charge on any atom is -0.481 e. The number of aryl methyl sites for hydroxylation is 1. The maximum atomic E-state index is 13.1. The maximum Gasteiger partial charge on any atom is 0.306 e. The lowest BCUT2D eigenvalue weighted by Crippen LogP contribution is -2.22. The van der Waals surface area contributed by atoms with E-state index in [9.17, 15) is 9.18 Å². The predicted molar refractivity (Wildman–Crippen MR) is 70.4 cm³/mol. The van der Waals surface area contributed by atoms with Gasteiger partial charge in [0.25, 0.3) is 0 Å². The average Bonchev–Trinajstić information content (AvgIpc) is 2.34. The number of rotatable bonds is 3. The number of hydrogen-bond acceptors (Lipinski definition) is 2. The van der Waals surface area contributed by atoms with Crippen molar-refractivity contribution in [2.75, 3.05) is 0 Å². The quantitative estimate of drug-likeness (QED) is 0.904. The van der Waals surface area contributed by atoms with E-state index in [2.05, 4.69) is 0 Å². The molecule has 4 heteroatoms. The molecule has 0 unspecified atom stereocenters. The molecular weight excluding hydrogens is 251 g/mol. The molecule has 0 atom stereocenters. The molecule has 0 spiro atoms. The van der Waals surface area contributed by atoms with Gasteiger partial charge >= 0.3 is 5.97 Å². The van der Waals surface area contributed by atoms with Gasteiger partial charge in [-0.15, -0.1) is 11.8 Å². The standard InChI is InChI=1S/C14H17FO2S/c1-9-8-12(6-7-13(9)15)18-11-4-2-10(3-5-11)14(16)17/h6-8,10-11H,2-5H2,1H3,(H,16,17). The van der Waals surface area contributed by atoms with Gasteiger partial charge < -0.3 is 5.11 Å². The first kappa shape index (κ1) is 13.4. The lowest BCUT2D eigenvalue weighted by molar-refractivity contribution is -0.142. The number of carboxylic acids is 1. The smallest absolute Gasteiger partial charge is 0.306 e. The zero-order valence-electron chi connectivity index (χ0n) is 10.4. The molecule has 2 nitrogen and oxygen atoms in total. The van der Waals surface area contributed by atoms with Gasteiger partial charge in [-0.3, -0.25) is 4.79 Å². The number of carbonyl (C=O) groups is 1. The highest BCUT2D eigenvalue weighted by Crippen LogP contribution is 2.36. The molecule has 1 fully saturated rings. The number of halogens is 1. The third-order valence-electron chi connectivity index (χ3n) is 3.46. The van der Waals surface area contributed by atoms with E-state index < -0.39 is 5.97 Å². The normalized spacial score (nSPS) is 23.9. The Labute approximate surface area is 111 Å². The predicted octanol–water partition coefficient (Wildman–Crippen LogP) is 3.87. The fraction of sp³-hybridized carbons (Fsp3) is 0.500. The van der Waals surface area contributed by atoms with E-state index in [4.69, 9.17) is 5.11 Å². The molecule has 0 amide bonds. The number of thioether (sulfide) groups is 1. The summed E-state index contributed by atoms with van der Waals surface area (Å²) in [5.74, 6) is -1.01. The summed E-state index contributed by atoms with van der Waals surface area (Å²) in [5, 5.41) is 9.40. The highest BCUT2D eigenvalue weighted by molar-refractivity contribution is 8.00. The van der Waals surface area contributed by atoms with Gasteiger partial charge in [-0.1, -0.05) is 0 Å². The monoisotopic (exact) mass is 268 g/mol. The van der Waals surface area contributed by atoms with Crippen LogP contribution in [0, 0.1) is 18.7 Å². The third-order valence-corrected chi connectivity index (χ3v) is 4.79. The summed E-state index contributed by atoms with van der Waals surface area (Å²) < 4.78 is 13.1. The van der Waals surface area contributed by atoms with Crippen LogP contribution in [0.5, 0.6) is 0 Å². The van der Waals surface area contributed by atoms with Gasteiger partial charge in [-0.2, -0.15) is 0 Å². The van der Waals surface area contributed by atoms with Gasteiger partial charge in [-0.25, -0.2) is 4.39 Å². The molecule has 1 N–H and O–H groups in total. The van der Waals surface area contributed by atoms with Crippen molar-refractivity contribution in [2.45, 2.75) is 42.8 Å². The third kappa shape index (κ3) is 3.25. The molecule has 18 heavy (non-hydrogen) atoms. The number of hydrogen-bond donors (Lipinski definition) is 1. The first-order valence-electron chi connectivity index (χ1n) is 6.22. The van der Waals surface area contributed by atoms with Gasteiger partial charge in [0.2, 0.25) is 0 Å². The Balaban J connectivity index is 1.91. The largest absolute Gasteiger partial charge is 0.481 e. The second kappa shape index (κ2) is 5.74. The number of benzene rings is 1. The van der Waals surface area contributed by atoms with Crippen LogP contribution in [-0.4, -0.2) is 16.3 Å². The molecular formula is C14H17FO2S. The van der Waals surface area contributed by atoms with Crippen molar-refractivity contribution in [1.82, 2.24) is 0 Å². The molecule has 0 saturated heterocycles.